The molecular weight excluding hydrogens is 354 g/mol. The number of nitrogens with one attached hydrogen (secondary N) is 1. The van der Waals surface area contributed by atoms with Gasteiger partial charge in [0.1, 0.15) is 5.75 Å². The normalized spacial score (nSPS) is 11.5. The minimum Gasteiger partial charge on any atom is -0.497 e. The topological polar surface area (TPSA) is 94.3 Å². The average Bonchev–Trinajstić information content (AvgIpc) is 3.11. The van der Waals surface area contributed by atoms with E-state index in [1.807, 2.05) is 43.3 Å². The number of benzene rings is 2. The summed E-state index contributed by atoms with van der Waals surface area (Å²) in [4.78, 5) is 4.22. The highest BCUT2D eigenvalue weighted by atomic mass is 32.2. The predicted octanol–water partition coefficient (Wildman–Crippen LogP) is 2.67. The van der Waals surface area contributed by atoms with Crippen LogP contribution in [0.15, 0.2) is 53.1 Å². The average molecular weight is 373 g/mol. The highest BCUT2D eigenvalue weighted by Crippen LogP contribution is 2.21. The Morgan fingerprint density at radius 3 is 2.73 bits per heavy atom. The molecule has 0 spiro atoms. The monoisotopic (exact) mass is 373 g/mol. The Morgan fingerprint density at radius 1 is 1.15 bits per heavy atom. The molecule has 0 radical (unpaired) electrons. The van der Waals surface area contributed by atoms with Crippen molar-refractivity contribution in [1.29, 1.82) is 0 Å². The fraction of sp³-hybridized carbons (Fsp3) is 0.222. The second kappa shape index (κ2) is 7.67. The van der Waals surface area contributed by atoms with Gasteiger partial charge in [-0.1, -0.05) is 41.6 Å². The third-order valence-electron chi connectivity index (χ3n) is 3.85. The first-order valence-electron chi connectivity index (χ1n) is 7.96. The number of rotatable bonds is 7. The van der Waals surface area contributed by atoms with Crippen molar-refractivity contribution in [3.05, 3.63) is 65.5 Å². The molecule has 1 N–H and O–H groups in total. The molecule has 0 aliphatic heterocycles. The molecule has 0 aliphatic rings. The summed E-state index contributed by atoms with van der Waals surface area (Å²) in [6, 6.07) is 14.6. The van der Waals surface area contributed by atoms with Gasteiger partial charge in [0, 0.05) is 5.56 Å². The van der Waals surface area contributed by atoms with Crippen LogP contribution >= 0.6 is 0 Å². The fourth-order valence-electron chi connectivity index (χ4n) is 2.41. The van der Waals surface area contributed by atoms with Crippen molar-refractivity contribution in [2.75, 3.05) is 7.11 Å². The van der Waals surface area contributed by atoms with Gasteiger partial charge in [-0.25, -0.2) is 13.1 Å². The van der Waals surface area contributed by atoms with Crippen LogP contribution in [0.4, 0.5) is 0 Å². The molecule has 1 aromatic heterocycles. The number of aromatic nitrogens is 2. The third-order valence-corrected chi connectivity index (χ3v) is 5.12. The molecule has 1 heterocycles. The predicted molar refractivity (Wildman–Crippen MR) is 96.9 cm³/mol. The lowest BCUT2D eigenvalue weighted by molar-refractivity contribution is 0.376. The Kier molecular flexibility index (Phi) is 5.34. The number of nitrogens with zero attached hydrogens (tertiary/aromatic N) is 2. The minimum absolute atomic E-state index is 0.0643. The number of hydrogen-bond donors (Lipinski definition) is 1. The van der Waals surface area contributed by atoms with E-state index in [2.05, 4.69) is 14.9 Å². The third kappa shape index (κ3) is 4.47. The van der Waals surface area contributed by atoms with E-state index >= 15 is 0 Å². The number of methoxy groups -OCH3 is 1. The second-order valence-electron chi connectivity index (χ2n) is 5.75. The van der Waals surface area contributed by atoms with Gasteiger partial charge in [0.15, 0.2) is 0 Å². The molecule has 0 aliphatic carbocycles. The van der Waals surface area contributed by atoms with Crippen LogP contribution in [-0.2, 0) is 22.3 Å². The van der Waals surface area contributed by atoms with E-state index < -0.39 is 10.0 Å². The van der Waals surface area contributed by atoms with Crippen LogP contribution in [0.2, 0.25) is 0 Å². The van der Waals surface area contributed by atoms with E-state index in [9.17, 15) is 8.42 Å². The molecule has 3 aromatic rings. The summed E-state index contributed by atoms with van der Waals surface area (Å²) in [7, 11) is -1.95. The number of sulfonamides is 1. The molecule has 0 unspecified atom stereocenters. The van der Waals surface area contributed by atoms with Crippen LogP contribution in [0.3, 0.4) is 0 Å². The maximum Gasteiger partial charge on any atom is 0.242 e. The van der Waals surface area contributed by atoms with E-state index in [0.29, 0.717) is 11.6 Å². The summed E-state index contributed by atoms with van der Waals surface area (Å²) in [5, 5.41) is 3.88. The fourth-order valence-corrected chi connectivity index (χ4v) is 3.58. The SMILES string of the molecule is COc1cccc(-c2noc(CNS(=O)(=O)Cc3ccccc3C)n2)c1. The maximum atomic E-state index is 12.3. The van der Waals surface area contributed by atoms with Gasteiger partial charge in [-0.3, -0.25) is 0 Å². The molecule has 2 aromatic carbocycles. The molecule has 26 heavy (non-hydrogen) atoms. The van der Waals surface area contributed by atoms with E-state index in [0.717, 1.165) is 16.7 Å². The van der Waals surface area contributed by atoms with Gasteiger partial charge < -0.3 is 9.26 Å². The van der Waals surface area contributed by atoms with Gasteiger partial charge in [0.05, 0.1) is 19.4 Å². The molecule has 0 bridgehead atoms. The minimum atomic E-state index is -3.52. The van der Waals surface area contributed by atoms with Gasteiger partial charge in [0.25, 0.3) is 0 Å². The van der Waals surface area contributed by atoms with E-state index in [4.69, 9.17) is 9.26 Å². The summed E-state index contributed by atoms with van der Waals surface area (Å²) in [5.74, 6) is 1.14. The Balaban J connectivity index is 1.66. The largest absolute Gasteiger partial charge is 0.497 e. The maximum absolute atomic E-state index is 12.3. The summed E-state index contributed by atoms with van der Waals surface area (Å²) in [6.45, 7) is 1.81. The van der Waals surface area contributed by atoms with Crippen LogP contribution in [0, 0.1) is 6.92 Å². The van der Waals surface area contributed by atoms with Crippen molar-refractivity contribution in [3.8, 4) is 17.1 Å². The lowest BCUT2D eigenvalue weighted by Gasteiger charge is -2.07. The van der Waals surface area contributed by atoms with Crippen LogP contribution in [0.25, 0.3) is 11.4 Å². The zero-order valence-corrected chi connectivity index (χ0v) is 15.3. The number of aryl methyl sites for hydroxylation is 1. The van der Waals surface area contributed by atoms with Gasteiger partial charge in [-0.15, -0.1) is 0 Å². The molecular formula is C18H19N3O4S. The Morgan fingerprint density at radius 2 is 1.96 bits per heavy atom. The lowest BCUT2D eigenvalue weighted by atomic mass is 10.1. The van der Waals surface area contributed by atoms with Gasteiger partial charge in [0.2, 0.25) is 21.7 Å². The van der Waals surface area contributed by atoms with Gasteiger partial charge >= 0.3 is 0 Å². The zero-order valence-electron chi connectivity index (χ0n) is 14.5. The summed E-state index contributed by atoms with van der Waals surface area (Å²) >= 11 is 0. The zero-order chi connectivity index (χ0) is 18.6. The van der Waals surface area contributed by atoms with Crippen molar-refractivity contribution >= 4 is 10.0 Å². The van der Waals surface area contributed by atoms with Crippen molar-refractivity contribution in [2.45, 2.75) is 19.2 Å². The molecule has 0 saturated heterocycles. The molecule has 8 heteroatoms. The smallest absolute Gasteiger partial charge is 0.242 e. The van der Waals surface area contributed by atoms with E-state index in [1.165, 1.54) is 0 Å². The number of hydrogen-bond acceptors (Lipinski definition) is 6. The molecule has 0 saturated carbocycles. The van der Waals surface area contributed by atoms with Crippen LogP contribution in [0.1, 0.15) is 17.0 Å². The van der Waals surface area contributed by atoms with Crippen molar-refractivity contribution in [1.82, 2.24) is 14.9 Å². The van der Waals surface area contributed by atoms with E-state index in [1.54, 1.807) is 19.2 Å². The highest BCUT2D eigenvalue weighted by molar-refractivity contribution is 7.88. The first kappa shape index (κ1) is 18.1. The lowest BCUT2D eigenvalue weighted by Crippen LogP contribution is -2.25. The summed E-state index contributed by atoms with van der Waals surface area (Å²) < 4.78 is 37.3. The highest BCUT2D eigenvalue weighted by Gasteiger charge is 2.16. The first-order chi connectivity index (χ1) is 12.5. The first-order valence-corrected chi connectivity index (χ1v) is 9.61. The van der Waals surface area contributed by atoms with Gasteiger partial charge in [-0.05, 0) is 30.2 Å². The summed E-state index contributed by atoms with van der Waals surface area (Å²) in [6.07, 6.45) is 0. The second-order valence-corrected chi connectivity index (χ2v) is 7.56. The van der Waals surface area contributed by atoms with Crippen LogP contribution in [0.5, 0.6) is 5.75 Å². The summed E-state index contributed by atoms with van der Waals surface area (Å²) in [5.41, 5.74) is 2.40. The Bertz CT molecular complexity index is 999. The van der Waals surface area contributed by atoms with Crippen molar-refractivity contribution < 1.29 is 17.7 Å². The molecule has 7 nitrogen and oxygen atoms in total. The Hall–Kier alpha value is -2.71. The van der Waals surface area contributed by atoms with E-state index in [-0.39, 0.29) is 18.2 Å². The quantitative estimate of drug-likeness (QED) is 0.684. The van der Waals surface area contributed by atoms with Crippen LogP contribution in [-0.4, -0.2) is 25.7 Å². The van der Waals surface area contributed by atoms with Crippen molar-refractivity contribution in [3.63, 3.8) is 0 Å². The van der Waals surface area contributed by atoms with Crippen LogP contribution < -0.4 is 9.46 Å². The molecule has 0 atom stereocenters. The Labute approximate surface area is 152 Å². The van der Waals surface area contributed by atoms with Gasteiger partial charge in [-0.2, -0.15) is 4.98 Å². The molecule has 0 amide bonds. The molecule has 136 valence electrons. The van der Waals surface area contributed by atoms with Crippen molar-refractivity contribution in [2.24, 2.45) is 0 Å². The number of ether oxygens (including phenoxy) is 1. The molecule has 0 fully saturated rings. The molecule has 3 rings (SSSR count). The standard InChI is InChI=1S/C18H19N3O4S/c1-13-6-3-4-7-15(13)12-26(22,23)19-11-17-20-18(21-25-17)14-8-5-9-16(10-14)24-2/h3-10,19H,11-12H2,1-2H3.